The molecule has 0 spiro atoms. The molecular formula is C19H22BrN5O. The second kappa shape index (κ2) is 5.89. The molecule has 0 amide bonds. The number of pyridine rings is 1. The fourth-order valence-corrected chi connectivity index (χ4v) is 4.45. The molecule has 0 bridgehead atoms. The first-order valence-electron chi connectivity index (χ1n) is 9.23. The van der Waals surface area contributed by atoms with Crippen molar-refractivity contribution in [1.82, 2.24) is 24.3 Å². The van der Waals surface area contributed by atoms with Crippen LogP contribution in [0.3, 0.4) is 0 Å². The van der Waals surface area contributed by atoms with Crippen LogP contribution in [0.15, 0.2) is 16.9 Å². The predicted octanol–water partition coefficient (Wildman–Crippen LogP) is 4.17. The summed E-state index contributed by atoms with van der Waals surface area (Å²) in [5.41, 5.74) is 4.26. The molecule has 136 valence electrons. The highest BCUT2D eigenvalue weighted by Gasteiger charge is 2.31. The quantitative estimate of drug-likeness (QED) is 0.641. The van der Waals surface area contributed by atoms with Crippen LogP contribution in [0.1, 0.15) is 56.0 Å². The number of aromatic nitrogens is 5. The van der Waals surface area contributed by atoms with E-state index in [0.717, 1.165) is 45.9 Å². The van der Waals surface area contributed by atoms with Crippen LogP contribution in [0.2, 0.25) is 0 Å². The van der Waals surface area contributed by atoms with Gasteiger partial charge < -0.3 is 9.30 Å². The van der Waals surface area contributed by atoms with Crippen molar-refractivity contribution < 1.29 is 4.74 Å². The molecule has 2 aliphatic rings. The number of ether oxygens (including phenoxy) is 1. The van der Waals surface area contributed by atoms with Crippen LogP contribution in [0.4, 0.5) is 0 Å². The highest BCUT2D eigenvalue weighted by molar-refractivity contribution is 9.10. The molecule has 1 saturated heterocycles. The van der Waals surface area contributed by atoms with Gasteiger partial charge in [0, 0.05) is 30.1 Å². The van der Waals surface area contributed by atoms with Gasteiger partial charge >= 0.3 is 0 Å². The van der Waals surface area contributed by atoms with Crippen LogP contribution in [0.25, 0.3) is 22.4 Å². The molecule has 3 aromatic rings. The second-order valence-electron chi connectivity index (χ2n) is 7.73. The third-order valence-corrected chi connectivity index (χ3v) is 5.97. The monoisotopic (exact) mass is 415 g/mol. The lowest BCUT2D eigenvalue weighted by atomic mass is 10.0. The fourth-order valence-electron chi connectivity index (χ4n) is 3.69. The van der Waals surface area contributed by atoms with E-state index in [1.807, 2.05) is 4.68 Å². The minimum Gasteiger partial charge on any atom is -0.377 e. The summed E-state index contributed by atoms with van der Waals surface area (Å²) in [6.45, 7) is 5.81. The first-order chi connectivity index (χ1) is 12.5. The maximum absolute atomic E-state index is 5.30. The lowest BCUT2D eigenvalue weighted by molar-refractivity contribution is -0.0283. The van der Waals surface area contributed by atoms with E-state index in [-0.39, 0.29) is 0 Å². The van der Waals surface area contributed by atoms with Crippen molar-refractivity contribution in [2.24, 2.45) is 7.05 Å². The number of halogens is 1. The largest absolute Gasteiger partial charge is 0.377 e. The van der Waals surface area contributed by atoms with Crippen LogP contribution in [-0.4, -0.2) is 37.5 Å². The zero-order valence-corrected chi connectivity index (χ0v) is 16.8. The van der Waals surface area contributed by atoms with Crippen LogP contribution < -0.4 is 0 Å². The summed E-state index contributed by atoms with van der Waals surface area (Å²) in [6.07, 6.45) is 4.59. The van der Waals surface area contributed by atoms with Crippen LogP contribution >= 0.6 is 15.9 Å². The highest BCUT2D eigenvalue weighted by atomic mass is 79.9. The maximum atomic E-state index is 5.30. The van der Waals surface area contributed by atoms with E-state index in [9.17, 15) is 0 Å². The molecular weight excluding hydrogens is 394 g/mol. The highest BCUT2D eigenvalue weighted by Crippen LogP contribution is 2.45. The third kappa shape index (κ3) is 2.52. The molecule has 0 aromatic carbocycles. The van der Waals surface area contributed by atoms with Gasteiger partial charge in [0.2, 0.25) is 0 Å². The molecule has 5 rings (SSSR count). The second-order valence-corrected chi connectivity index (χ2v) is 8.48. The topological polar surface area (TPSA) is 57.8 Å². The first-order valence-corrected chi connectivity index (χ1v) is 10.0. The van der Waals surface area contributed by atoms with E-state index in [4.69, 9.17) is 14.7 Å². The Balaban J connectivity index is 1.68. The minimum absolute atomic E-state index is 0.298. The van der Waals surface area contributed by atoms with Gasteiger partial charge in [-0.15, -0.1) is 0 Å². The summed E-state index contributed by atoms with van der Waals surface area (Å²) < 4.78 is 10.5. The van der Waals surface area contributed by atoms with Crippen molar-refractivity contribution in [3.05, 3.63) is 28.3 Å². The van der Waals surface area contributed by atoms with Crippen molar-refractivity contribution in [3.63, 3.8) is 0 Å². The molecule has 26 heavy (non-hydrogen) atoms. The predicted molar refractivity (Wildman–Crippen MR) is 103 cm³/mol. The summed E-state index contributed by atoms with van der Waals surface area (Å²) in [5, 5.41) is 5.74. The Labute approximate surface area is 160 Å². The smallest absolute Gasteiger partial charge is 0.181 e. The Morgan fingerprint density at radius 1 is 1.23 bits per heavy atom. The van der Waals surface area contributed by atoms with Gasteiger partial charge in [0.25, 0.3) is 0 Å². The molecule has 0 unspecified atom stereocenters. The fraction of sp³-hybridized carbons (Fsp3) is 0.526. The standard InChI is InChI=1S/C19H22BrN5O/c1-10(2)15-14(19-22-17(20)16(24(19)3)11-4-5-11)6-12-7-25(13-8-26-9-13)23-18(12)21-15/h6-7,10-11,13H,4-5,8-9H2,1-3H3. The Morgan fingerprint density at radius 2 is 2.00 bits per heavy atom. The SMILES string of the molecule is CC(C)c1nc2nn(C3COC3)cc2cc1-c1nc(Br)c(C2CC2)n1C. The van der Waals surface area contributed by atoms with Gasteiger partial charge in [0.15, 0.2) is 5.65 Å². The molecule has 0 radical (unpaired) electrons. The van der Waals surface area contributed by atoms with E-state index >= 15 is 0 Å². The molecule has 3 aromatic heterocycles. The van der Waals surface area contributed by atoms with Gasteiger partial charge in [-0.05, 0) is 40.8 Å². The Kier molecular flexibility index (Phi) is 3.72. The normalized spacial score (nSPS) is 18.0. The maximum Gasteiger partial charge on any atom is 0.181 e. The van der Waals surface area contributed by atoms with E-state index in [1.165, 1.54) is 18.5 Å². The molecule has 4 heterocycles. The number of fused-ring (bicyclic) bond motifs is 1. The molecule has 0 atom stereocenters. The number of hydrogen-bond acceptors (Lipinski definition) is 4. The Bertz CT molecular complexity index is 997. The molecule has 6 nitrogen and oxygen atoms in total. The van der Waals surface area contributed by atoms with Crippen LogP contribution in [0, 0.1) is 0 Å². The molecule has 1 aliphatic heterocycles. The minimum atomic E-state index is 0.298. The zero-order chi connectivity index (χ0) is 18.0. The van der Waals surface area contributed by atoms with Gasteiger partial charge in [-0.1, -0.05) is 13.8 Å². The van der Waals surface area contributed by atoms with Gasteiger partial charge in [-0.3, -0.25) is 4.68 Å². The average Bonchev–Trinajstić information content (AvgIpc) is 3.21. The van der Waals surface area contributed by atoms with Gasteiger partial charge in [-0.25, -0.2) is 9.97 Å². The van der Waals surface area contributed by atoms with Crippen molar-refractivity contribution in [3.8, 4) is 11.4 Å². The number of rotatable bonds is 4. The van der Waals surface area contributed by atoms with Crippen molar-refractivity contribution in [2.75, 3.05) is 13.2 Å². The third-order valence-electron chi connectivity index (χ3n) is 5.38. The summed E-state index contributed by atoms with van der Waals surface area (Å²) >= 11 is 3.67. The number of nitrogens with zero attached hydrogens (tertiary/aromatic N) is 5. The molecule has 1 saturated carbocycles. The van der Waals surface area contributed by atoms with Crippen molar-refractivity contribution in [1.29, 1.82) is 0 Å². The lowest BCUT2D eigenvalue weighted by Crippen LogP contribution is -2.30. The Hall–Kier alpha value is -1.73. The molecule has 2 fully saturated rings. The van der Waals surface area contributed by atoms with Crippen molar-refractivity contribution in [2.45, 2.75) is 44.6 Å². The van der Waals surface area contributed by atoms with E-state index in [1.54, 1.807) is 0 Å². The van der Waals surface area contributed by atoms with E-state index in [0.29, 0.717) is 17.9 Å². The summed E-state index contributed by atoms with van der Waals surface area (Å²) in [7, 11) is 2.12. The molecule has 7 heteroatoms. The zero-order valence-electron chi connectivity index (χ0n) is 15.2. The van der Waals surface area contributed by atoms with E-state index in [2.05, 4.69) is 58.8 Å². The number of imidazole rings is 1. The van der Waals surface area contributed by atoms with Crippen molar-refractivity contribution >= 4 is 27.0 Å². The average molecular weight is 416 g/mol. The molecule has 1 aliphatic carbocycles. The summed E-state index contributed by atoms with van der Waals surface area (Å²) in [4.78, 5) is 9.76. The first kappa shape index (κ1) is 16.4. The van der Waals surface area contributed by atoms with Crippen LogP contribution in [0.5, 0.6) is 0 Å². The van der Waals surface area contributed by atoms with Gasteiger partial charge in [0.1, 0.15) is 10.4 Å². The van der Waals surface area contributed by atoms with Gasteiger partial charge in [0.05, 0.1) is 30.6 Å². The Morgan fingerprint density at radius 3 is 2.62 bits per heavy atom. The van der Waals surface area contributed by atoms with Gasteiger partial charge in [-0.2, -0.15) is 5.10 Å². The lowest BCUT2D eigenvalue weighted by Gasteiger charge is -2.25. The molecule has 0 N–H and O–H groups in total. The van der Waals surface area contributed by atoms with Crippen LogP contribution in [-0.2, 0) is 11.8 Å². The summed E-state index contributed by atoms with van der Waals surface area (Å²) in [6, 6.07) is 2.53. The summed E-state index contributed by atoms with van der Waals surface area (Å²) in [5.74, 6) is 1.92. The number of hydrogen-bond donors (Lipinski definition) is 0. The van der Waals surface area contributed by atoms with E-state index < -0.39 is 0 Å².